The van der Waals surface area contributed by atoms with E-state index in [-0.39, 0.29) is 0 Å². The van der Waals surface area contributed by atoms with Gasteiger partial charge in [0.1, 0.15) is 0 Å². The maximum atomic E-state index is 6.01. The first kappa shape index (κ1) is 14.3. The van der Waals surface area contributed by atoms with Crippen LogP contribution in [-0.2, 0) is 9.47 Å². The lowest BCUT2D eigenvalue weighted by atomic mass is 9.77. The molecular weight excluding hydrogens is 224 g/mol. The summed E-state index contributed by atoms with van der Waals surface area (Å²) in [5, 5.41) is 0. The van der Waals surface area contributed by atoms with Crippen LogP contribution in [-0.4, -0.2) is 25.4 Å². The fourth-order valence-electron chi connectivity index (χ4n) is 3.41. The smallest absolute Gasteiger partial charge is 0.0838 e. The molecule has 0 radical (unpaired) electrons. The average molecular weight is 254 g/mol. The van der Waals surface area contributed by atoms with Gasteiger partial charge in [0.05, 0.1) is 25.4 Å². The van der Waals surface area contributed by atoms with Crippen molar-refractivity contribution in [3.05, 3.63) is 0 Å². The normalized spacial score (nSPS) is 37.7. The highest BCUT2D eigenvalue weighted by Gasteiger charge is 2.31. The zero-order valence-corrected chi connectivity index (χ0v) is 12.2. The second-order valence-electron chi connectivity index (χ2n) is 6.16. The molecule has 2 nitrogen and oxygen atoms in total. The highest BCUT2D eigenvalue weighted by Crippen LogP contribution is 2.35. The Labute approximate surface area is 112 Å². The summed E-state index contributed by atoms with van der Waals surface area (Å²) in [7, 11) is 0. The third kappa shape index (κ3) is 3.96. The molecule has 0 amide bonds. The van der Waals surface area contributed by atoms with Crippen LogP contribution < -0.4 is 0 Å². The number of rotatable bonds is 5. The first-order chi connectivity index (χ1) is 8.83. The molecule has 2 fully saturated rings. The topological polar surface area (TPSA) is 18.5 Å². The molecule has 1 saturated heterocycles. The fraction of sp³-hybridized carbons (Fsp3) is 1.00. The molecule has 2 heteroatoms. The van der Waals surface area contributed by atoms with Gasteiger partial charge in [0.25, 0.3) is 0 Å². The molecule has 1 aliphatic heterocycles. The van der Waals surface area contributed by atoms with Gasteiger partial charge in [-0.25, -0.2) is 0 Å². The van der Waals surface area contributed by atoms with Gasteiger partial charge >= 0.3 is 0 Å². The molecule has 0 aromatic carbocycles. The fourth-order valence-corrected chi connectivity index (χ4v) is 3.41. The third-order valence-electron chi connectivity index (χ3n) is 4.83. The number of unbranched alkanes of at least 4 members (excludes halogenated alkanes) is 1. The first-order valence-electron chi connectivity index (χ1n) is 8.06. The molecule has 1 heterocycles. The molecule has 1 aliphatic carbocycles. The van der Waals surface area contributed by atoms with Crippen LogP contribution in [0.15, 0.2) is 0 Å². The average Bonchev–Trinajstić information content (AvgIpc) is 2.46. The van der Waals surface area contributed by atoms with Gasteiger partial charge < -0.3 is 9.47 Å². The minimum atomic E-state index is 0.349. The maximum Gasteiger partial charge on any atom is 0.0838 e. The van der Waals surface area contributed by atoms with Gasteiger partial charge in [0, 0.05) is 0 Å². The summed E-state index contributed by atoms with van der Waals surface area (Å²) in [6.07, 6.45) is 11.6. The van der Waals surface area contributed by atoms with E-state index in [0.29, 0.717) is 12.2 Å². The van der Waals surface area contributed by atoms with E-state index in [1.54, 1.807) is 0 Å². The summed E-state index contributed by atoms with van der Waals surface area (Å²) in [5.74, 6) is 1.76. The molecule has 106 valence electrons. The summed E-state index contributed by atoms with van der Waals surface area (Å²) in [6, 6.07) is 0. The minimum Gasteiger partial charge on any atom is -0.373 e. The van der Waals surface area contributed by atoms with Gasteiger partial charge in [-0.1, -0.05) is 46.0 Å². The molecule has 1 saturated carbocycles. The van der Waals surface area contributed by atoms with Crippen LogP contribution in [0.4, 0.5) is 0 Å². The van der Waals surface area contributed by atoms with Gasteiger partial charge in [0.15, 0.2) is 0 Å². The molecule has 2 atom stereocenters. The van der Waals surface area contributed by atoms with E-state index >= 15 is 0 Å². The van der Waals surface area contributed by atoms with E-state index in [4.69, 9.17) is 9.47 Å². The Kier molecular flexibility index (Phi) is 5.97. The van der Waals surface area contributed by atoms with Crippen molar-refractivity contribution >= 4 is 0 Å². The predicted octanol–water partition coefficient (Wildman–Crippen LogP) is 4.18. The predicted molar refractivity (Wildman–Crippen MR) is 74.7 cm³/mol. The van der Waals surface area contributed by atoms with Gasteiger partial charge in [0.2, 0.25) is 0 Å². The SMILES string of the molecule is CCCCC1CCC(C2COC(CC)CO2)CC1. The van der Waals surface area contributed by atoms with Crippen molar-refractivity contribution in [1.82, 2.24) is 0 Å². The lowest BCUT2D eigenvalue weighted by molar-refractivity contribution is -0.155. The van der Waals surface area contributed by atoms with E-state index in [0.717, 1.165) is 31.5 Å². The Hall–Kier alpha value is -0.0800. The zero-order valence-electron chi connectivity index (χ0n) is 12.2. The number of hydrogen-bond acceptors (Lipinski definition) is 2. The first-order valence-corrected chi connectivity index (χ1v) is 8.06. The second kappa shape index (κ2) is 7.49. The molecule has 0 bridgehead atoms. The number of hydrogen-bond donors (Lipinski definition) is 0. The van der Waals surface area contributed by atoms with E-state index < -0.39 is 0 Å². The van der Waals surface area contributed by atoms with Crippen LogP contribution >= 0.6 is 0 Å². The van der Waals surface area contributed by atoms with Crippen molar-refractivity contribution in [2.45, 2.75) is 77.4 Å². The summed E-state index contributed by atoms with van der Waals surface area (Å²) in [5.41, 5.74) is 0. The molecule has 0 spiro atoms. The van der Waals surface area contributed by atoms with E-state index in [1.165, 1.54) is 44.9 Å². The quantitative estimate of drug-likeness (QED) is 0.733. The van der Waals surface area contributed by atoms with Crippen molar-refractivity contribution in [1.29, 1.82) is 0 Å². The van der Waals surface area contributed by atoms with Crippen LogP contribution in [0.25, 0.3) is 0 Å². The van der Waals surface area contributed by atoms with Crippen molar-refractivity contribution in [2.24, 2.45) is 11.8 Å². The van der Waals surface area contributed by atoms with Crippen LogP contribution in [0.5, 0.6) is 0 Å². The standard InChI is InChI=1S/C16H30O2/c1-3-5-6-13-7-9-14(10-8-13)16-12-17-15(4-2)11-18-16/h13-16H,3-12H2,1-2H3. The van der Waals surface area contributed by atoms with E-state index in [2.05, 4.69) is 13.8 Å². The highest BCUT2D eigenvalue weighted by molar-refractivity contribution is 4.80. The molecule has 0 aromatic heterocycles. The Balaban J connectivity index is 1.67. The van der Waals surface area contributed by atoms with Crippen LogP contribution in [0.1, 0.15) is 65.2 Å². The van der Waals surface area contributed by atoms with Gasteiger partial charge in [-0.05, 0) is 31.1 Å². The van der Waals surface area contributed by atoms with E-state index in [1.807, 2.05) is 0 Å². The molecule has 0 aromatic rings. The number of ether oxygens (including phenoxy) is 2. The van der Waals surface area contributed by atoms with Crippen molar-refractivity contribution in [2.75, 3.05) is 13.2 Å². The van der Waals surface area contributed by atoms with Crippen molar-refractivity contribution in [3.63, 3.8) is 0 Å². The summed E-state index contributed by atoms with van der Waals surface area (Å²) < 4.78 is 11.9. The molecule has 18 heavy (non-hydrogen) atoms. The zero-order chi connectivity index (χ0) is 12.8. The van der Waals surface area contributed by atoms with E-state index in [9.17, 15) is 0 Å². The Morgan fingerprint density at radius 1 is 0.944 bits per heavy atom. The van der Waals surface area contributed by atoms with Gasteiger partial charge in [-0.3, -0.25) is 0 Å². The Morgan fingerprint density at radius 3 is 2.28 bits per heavy atom. The minimum absolute atomic E-state index is 0.349. The van der Waals surface area contributed by atoms with Crippen molar-refractivity contribution in [3.8, 4) is 0 Å². The molecular formula is C16H30O2. The molecule has 2 rings (SSSR count). The maximum absolute atomic E-state index is 6.01. The summed E-state index contributed by atoms with van der Waals surface area (Å²) in [6.45, 7) is 6.12. The lowest BCUT2D eigenvalue weighted by Gasteiger charge is -2.37. The van der Waals surface area contributed by atoms with Crippen LogP contribution in [0, 0.1) is 11.8 Å². The molecule has 2 aliphatic rings. The Morgan fingerprint density at radius 2 is 1.72 bits per heavy atom. The van der Waals surface area contributed by atoms with Gasteiger partial charge in [-0.15, -0.1) is 0 Å². The Bertz CT molecular complexity index is 213. The largest absolute Gasteiger partial charge is 0.373 e. The second-order valence-corrected chi connectivity index (χ2v) is 6.16. The van der Waals surface area contributed by atoms with Crippen LogP contribution in [0.3, 0.4) is 0 Å². The van der Waals surface area contributed by atoms with Gasteiger partial charge in [-0.2, -0.15) is 0 Å². The molecule has 2 unspecified atom stereocenters. The van der Waals surface area contributed by atoms with Crippen molar-refractivity contribution < 1.29 is 9.47 Å². The highest BCUT2D eigenvalue weighted by atomic mass is 16.6. The monoisotopic (exact) mass is 254 g/mol. The third-order valence-corrected chi connectivity index (χ3v) is 4.83. The molecule has 0 N–H and O–H groups in total. The van der Waals surface area contributed by atoms with Crippen LogP contribution in [0.2, 0.25) is 0 Å². The summed E-state index contributed by atoms with van der Waals surface area (Å²) >= 11 is 0. The summed E-state index contributed by atoms with van der Waals surface area (Å²) in [4.78, 5) is 0. The lowest BCUT2D eigenvalue weighted by Crippen LogP contribution is -2.40.